The first-order chi connectivity index (χ1) is 14.0. The van der Waals surface area contributed by atoms with Crippen LogP contribution < -0.4 is 0 Å². The van der Waals surface area contributed by atoms with E-state index in [1.54, 1.807) is 0 Å². The highest BCUT2D eigenvalue weighted by atomic mass is 16.8. The Labute approximate surface area is 171 Å². The maximum Gasteiger partial charge on any atom is 0.190 e. The molecule has 2 aromatic rings. The van der Waals surface area contributed by atoms with Crippen LogP contribution in [-0.4, -0.2) is 48.2 Å². The third-order valence-electron chi connectivity index (χ3n) is 5.25. The van der Waals surface area contributed by atoms with Crippen molar-refractivity contribution in [3.05, 3.63) is 71.8 Å². The molecule has 4 atom stereocenters. The number of ether oxygens (including phenoxy) is 5. The van der Waals surface area contributed by atoms with Gasteiger partial charge in [-0.25, -0.2) is 0 Å². The second-order valence-electron chi connectivity index (χ2n) is 8.00. The minimum Gasteiger partial charge on any atom is -0.393 e. The molecule has 2 aliphatic heterocycles. The molecular formula is C23H28O6. The molecule has 0 radical (unpaired) electrons. The van der Waals surface area contributed by atoms with Crippen LogP contribution in [0.15, 0.2) is 60.7 Å². The summed E-state index contributed by atoms with van der Waals surface area (Å²) in [5.41, 5.74) is 1.02. The molecule has 0 saturated carbocycles. The van der Waals surface area contributed by atoms with E-state index >= 15 is 0 Å². The van der Waals surface area contributed by atoms with Gasteiger partial charge in [0.05, 0.1) is 26.4 Å². The number of aliphatic hydroxyl groups excluding tert-OH is 1. The fourth-order valence-corrected chi connectivity index (χ4v) is 3.86. The van der Waals surface area contributed by atoms with Gasteiger partial charge in [-0.15, -0.1) is 0 Å². The molecule has 0 aromatic heterocycles. The van der Waals surface area contributed by atoms with E-state index in [0.29, 0.717) is 13.2 Å². The van der Waals surface area contributed by atoms with Crippen LogP contribution in [0.3, 0.4) is 0 Å². The number of benzene rings is 2. The van der Waals surface area contributed by atoms with Gasteiger partial charge in [-0.1, -0.05) is 60.7 Å². The zero-order valence-corrected chi connectivity index (χ0v) is 16.8. The summed E-state index contributed by atoms with van der Waals surface area (Å²) < 4.78 is 30.2. The van der Waals surface area contributed by atoms with Crippen molar-refractivity contribution in [1.82, 2.24) is 0 Å². The third kappa shape index (κ3) is 4.53. The van der Waals surface area contributed by atoms with Crippen molar-refractivity contribution in [2.24, 2.45) is 0 Å². The molecule has 2 heterocycles. The maximum atomic E-state index is 10.3. The monoisotopic (exact) mass is 400 g/mol. The van der Waals surface area contributed by atoms with Crippen molar-refractivity contribution < 1.29 is 28.8 Å². The number of aliphatic hydroxyl groups is 1. The van der Waals surface area contributed by atoms with Crippen LogP contribution in [0.4, 0.5) is 0 Å². The Morgan fingerprint density at radius 2 is 1.48 bits per heavy atom. The third-order valence-corrected chi connectivity index (χ3v) is 5.25. The summed E-state index contributed by atoms with van der Waals surface area (Å²) in [6, 6.07) is 19.8. The van der Waals surface area contributed by atoms with Gasteiger partial charge in [-0.3, -0.25) is 0 Å². The molecule has 6 nitrogen and oxygen atoms in total. The molecule has 2 fully saturated rings. The highest BCUT2D eigenvalue weighted by Crippen LogP contribution is 2.44. The highest BCUT2D eigenvalue weighted by molar-refractivity contribution is 5.15. The minimum atomic E-state index is -1.06. The summed E-state index contributed by atoms with van der Waals surface area (Å²) >= 11 is 0. The topological polar surface area (TPSA) is 66.4 Å². The van der Waals surface area contributed by atoms with E-state index in [2.05, 4.69) is 0 Å². The first kappa shape index (κ1) is 20.5. The average molecular weight is 400 g/mol. The Balaban J connectivity index is 1.48. The van der Waals surface area contributed by atoms with E-state index in [0.717, 1.165) is 11.1 Å². The van der Waals surface area contributed by atoms with E-state index < -0.39 is 29.9 Å². The van der Waals surface area contributed by atoms with Gasteiger partial charge in [0.25, 0.3) is 0 Å². The van der Waals surface area contributed by atoms with Gasteiger partial charge in [-0.2, -0.15) is 0 Å². The maximum absolute atomic E-state index is 10.3. The van der Waals surface area contributed by atoms with E-state index in [4.69, 9.17) is 23.7 Å². The van der Waals surface area contributed by atoms with Gasteiger partial charge in [0.1, 0.15) is 17.8 Å². The molecule has 2 saturated heterocycles. The first-order valence-electron chi connectivity index (χ1n) is 9.93. The van der Waals surface area contributed by atoms with Gasteiger partial charge in [0.2, 0.25) is 0 Å². The molecule has 0 bridgehead atoms. The molecule has 1 N–H and O–H groups in total. The zero-order valence-electron chi connectivity index (χ0n) is 16.8. The fourth-order valence-electron chi connectivity index (χ4n) is 3.86. The number of rotatable bonds is 8. The average Bonchev–Trinajstić information content (AvgIpc) is 3.17. The summed E-state index contributed by atoms with van der Waals surface area (Å²) in [6.45, 7) is 4.38. The molecule has 1 unspecified atom stereocenters. The number of fused-ring (bicyclic) bond motifs is 1. The largest absolute Gasteiger partial charge is 0.393 e. The smallest absolute Gasteiger partial charge is 0.190 e. The Kier molecular flexibility index (Phi) is 6.01. The van der Waals surface area contributed by atoms with Gasteiger partial charge in [0.15, 0.2) is 12.1 Å². The van der Waals surface area contributed by atoms with Crippen molar-refractivity contribution >= 4 is 0 Å². The molecule has 156 valence electrons. The Morgan fingerprint density at radius 3 is 2.10 bits per heavy atom. The lowest BCUT2D eigenvalue weighted by Crippen LogP contribution is -2.52. The lowest BCUT2D eigenvalue weighted by Gasteiger charge is -2.35. The highest BCUT2D eigenvalue weighted by Gasteiger charge is 2.62. The Bertz CT molecular complexity index is 780. The molecular weight excluding hydrogens is 372 g/mol. The van der Waals surface area contributed by atoms with Gasteiger partial charge in [-0.05, 0) is 25.0 Å². The number of hydrogen-bond donors (Lipinski definition) is 1. The van der Waals surface area contributed by atoms with E-state index in [1.165, 1.54) is 0 Å². The van der Waals surface area contributed by atoms with Crippen LogP contribution >= 0.6 is 0 Å². The van der Waals surface area contributed by atoms with Gasteiger partial charge >= 0.3 is 0 Å². The second kappa shape index (κ2) is 8.52. The van der Waals surface area contributed by atoms with Crippen molar-refractivity contribution in [2.45, 2.75) is 56.9 Å². The second-order valence-corrected chi connectivity index (χ2v) is 8.00. The van der Waals surface area contributed by atoms with Crippen LogP contribution in [0.1, 0.15) is 25.0 Å². The molecule has 0 spiro atoms. The van der Waals surface area contributed by atoms with E-state index in [1.807, 2.05) is 74.5 Å². The standard InChI is InChI=1S/C23H28O6/c1-22(2)27-19-20(26-14-18-11-7-4-8-12-18)23(15-24,29-21(19)28-22)16-25-13-17-9-5-3-6-10-17/h3-12,19-21,24H,13-16H2,1-2H3/t19-,20+,21?,23+/m1/s1. The summed E-state index contributed by atoms with van der Waals surface area (Å²) in [5.74, 6) is -0.768. The summed E-state index contributed by atoms with van der Waals surface area (Å²) in [5, 5.41) is 10.3. The predicted octanol–water partition coefficient (Wildman–Crippen LogP) is 3.03. The Morgan fingerprint density at radius 1 is 0.862 bits per heavy atom. The summed E-state index contributed by atoms with van der Waals surface area (Å²) in [7, 11) is 0. The molecule has 2 aliphatic rings. The SMILES string of the molecule is CC1(C)OC2O[C@@](CO)(COCc3ccccc3)[C@@H](OCc3ccccc3)[C@H]2O1. The van der Waals surface area contributed by atoms with Crippen LogP contribution in [0.2, 0.25) is 0 Å². The fraction of sp³-hybridized carbons (Fsp3) is 0.478. The molecule has 29 heavy (non-hydrogen) atoms. The van der Waals surface area contributed by atoms with Gasteiger partial charge < -0.3 is 28.8 Å². The zero-order chi connectivity index (χ0) is 20.3. The lowest BCUT2D eigenvalue weighted by atomic mass is 9.96. The van der Waals surface area contributed by atoms with E-state index in [9.17, 15) is 5.11 Å². The molecule has 0 aliphatic carbocycles. The number of hydrogen-bond acceptors (Lipinski definition) is 6. The van der Waals surface area contributed by atoms with Gasteiger partial charge in [0, 0.05) is 0 Å². The molecule has 2 aromatic carbocycles. The minimum absolute atomic E-state index is 0.165. The molecule has 0 amide bonds. The van der Waals surface area contributed by atoms with Crippen LogP contribution in [-0.2, 0) is 36.9 Å². The van der Waals surface area contributed by atoms with Crippen molar-refractivity contribution in [3.8, 4) is 0 Å². The molecule has 6 heteroatoms. The van der Waals surface area contributed by atoms with Crippen molar-refractivity contribution in [2.75, 3.05) is 13.2 Å². The van der Waals surface area contributed by atoms with E-state index in [-0.39, 0.29) is 13.2 Å². The quantitative estimate of drug-likeness (QED) is 0.735. The Hall–Kier alpha value is -1.80. The molecule has 4 rings (SSSR count). The van der Waals surface area contributed by atoms with Crippen LogP contribution in [0.5, 0.6) is 0 Å². The first-order valence-corrected chi connectivity index (χ1v) is 9.93. The van der Waals surface area contributed by atoms with Crippen molar-refractivity contribution in [1.29, 1.82) is 0 Å². The lowest BCUT2D eigenvalue weighted by molar-refractivity contribution is -0.261. The van der Waals surface area contributed by atoms with Crippen LogP contribution in [0.25, 0.3) is 0 Å². The summed E-state index contributed by atoms with van der Waals surface area (Å²) in [6.07, 6.45) is -1.59. The van der Waals surface area contributed by atoms with Crippen LogP contribution in [0, 0.1) is 0 Å². The van der Waals surface area contributed by atoms with Crippen molar-refractivity contribution in [3.63, 3.8) is 0 Å². The summed E-state index contributed by atoms with van der Waals surface area (Å²) in [4.78, 5) is 0. The normalized spacial score (nSPS) is 30.4. The predicted molar refractivity (Wildman–Crippen MR) is 106 cm³/mol.